The van der Waals surface area contributed by atoms with E-state index < -0.39 is 0 Å². The molecule has 0 amide bonds. The SMILES string of the molecule is CN1CC=CCCOc2ccc(o2)-c2ccnc(n2)Nc2ccc(OCCN3CCCC3)c(c2)C1. The summed E-state index contributed by atoms with van der Waals surface area (Å²) in [6.07, 6.45) is 9.44. The lowest BCUT2D eigenvalue weighted by Crippen LogP contribution is -2.25. The van der Waals surface area contributed by atoms with Gasteiger partial charge in [0.15, 0.2) is 5.76 Å². The van der Waals surface area contributed by atoms with Crippen LogP contribution in [0.1, 0.15) is 24.8 Å². The number of rotatable bonds is 4. The lowest BCUT2D eigenvalue weighted by atomic mass is 10.1. The van der Waals surface area contributed by atoms with Crippen molar-refractivity contribution >= 4 is 11.6 Å². The summed E-state index contributed by atoms with van der Waals surface area (Å²) in [7, 11) is 2.12. The zero-order chi connectivity index (χ0) is 23.9. The highest BCUT2D eigenvalue weighted by Crippen LogP contribution is 2.28. The number of anilines is 2. The van der Waals surface area contributed by atoms with Gasteiger partial charge in [-0.1, -0.05) is 12.2 Å². The first-order chi connectivity index (χ1) is 17.2. The average molecular weight is 476 g/mol. The van der Waals surface area contributed by atoms with Crippen molar-refractivity contribution in [3.05, 3.63) is 60.3 Å². The Labute approximate surface area is 206 Å². The lowest BCUT2D eigenvalue weighted by Gasteiger charge is -2.20. The Morgan fingerprint density at radius 1 is 1.09 bits per heavy atom. The van der Waals surface area contributed by atoms with Crippen LogP contribution < -0.4 is 14.8 Å². The summed E-state index contributed by atoms with van der Waals surface area (Å²) >= 11 is 0. The molecular weight excluding hydrogens is 442 g/mol. The number of benzene rings is 1. The Morgan fingerprint density at radius 3 is 2.91 bits per heavy atom. The number of aromatic nitrogens is 2. The van der Waals surface area contributed by atoms with Gasteiger partial charge in [-0.3, -0.25) is 9.80 Å². The van der Waals surface area contributed by atoms with Crippen LogP contribution in [0.2, 0.25) is 0 Å². The number of nitrogens with one attached hydrogen (secondary N) is 1. The van der Waals surface area contributed by atoms with Crippen molar-refractivity contribution in [2.75, 3.05) is 51.8 Å². The van der Waals surface area contributed by atoms with Gasteiger partial charge in [0.2, 0.25) is 5.95 Å². The fraction of sp³-hybridized carbons (Fsp3) is 0.407. The molecule has 8 heteroatoms. The summed E-state index contributed by atoms with van der Waals surface area (Å²) in [6, 6.07) is 11.7. The molecule has 35 heavy (non-hydrogen) atoms. The minimum atomic E-state index is 0.490. The Bertz CT molecular complexity index is 1140. The lowest BCUT2D eigenvalue weighted by molar-refractivity contribution is 0.234. The van der Waals surface area contributed by atoms with Crippen LogP contribution in [-0.2, 0) is 6.54 Å². The summed E-state index contributed by atoms with van der Waals surface area (Å²) in [4.78, 5) is 13.8. The van der Waals surface area contributed by atoms with Crippen LogP contribution in [0, 0.1) is 0 Å². The van der Waals surface area contributed by atoms with Crippen molar-refractivity contribution in [3.63, 3.8) is 0 Å². The summed E-state index contributed by atoms with van der Waals surface area (Å²) in [5, 5.41) is 3.34. The molecule has 5 rings (SSSR count). The Morgan fingerprint density at radius 2 is 2.00 bits per heavy atom. The molecule has 8 nitrogen and oxygen atoms in total. The zero-order valence-corrected chi connectivity index (χ0v) is 20.3. The molecule has 0 aliphatic carbocycles. The standard InChI is InChI=1S/C27H33N5O3/c1-31-13-3-2-6-17-34-26-10-9-25(35-26)23-11-12-28-27(30-23)29-22-7-8-24(21(19-22)20-31)33-18-16-32-14-4-5-15-32/h2-3,7-12,19H,4-6,13-18,20H2,1H3,(H,28,29,30). The van der Waals surface area contributed by atoms with Crippen LogP contribution in [0.15, 0.2) is 59.2 Å². The molecule has 1 aromatic carbocycles. The molecule has 1 fully saturated rings. The van der Waals surface area contributed by atoms with E-state index in [0.717, 1.165) is 43.1 Å². The van der Waals surface area contributed by atoms with E-state index in [1.165, 1.54) is 25.9 Å². The normalized spacial score (nSPS) is 17.3. The molecule has 0 atom stereocenters. The monoisotopic (exact) mass is 475 g/mol. The van der Waals surface area contributed by atoms with Gasteiger partial charge in [-0.15, -0.1) is 0 Å². The van der Waals surface area contributed by atoms with Crippen LogP contribution in [-0.4, -0.2) is 66.2 Å². The minimum absolute atomic E-state index is 0.490. The smallest absolute Gasteiger partial charge is 0.284 e. The highest BCUT2D eigenvalue weighted by molar-refractivity contribution is 5.60. The molecule has 2 aromatic heterocycles. The van der Waals surface area contributed by atoms with Gasteiger partial charge in [0.1, 0.15) is 18.1 Å². The Kier molecular flexibility index (Phi) is 7.60. The van der Waals surface area contributed by atoms with E-state index in [4.69, 9.17) is 13.9 Å². The second-order valence-electron chi connectivity index (χ2n) is 9.03. The van der Waals surface area contributed by atoms with Crippen LogP contribution in [0.5, 0.6) is 11.7 Å². The van der Waals surface area contributed by atoms with Gasteiger partial charge in [0, 0.05) is 43.1 Å². The second-order valence-corrected chi connectivity index (χ2v) is 9.03. The predicted molar refractivity (Wildman–Crippen MR) is 136 cm³/mol. The third-order valence-corrected chi connectivity index (χ3v) is 6.22. The van der Waals surface area contributed by atoms with Gasteiger partial charge in [0.05, 0.1) is 6.61 Å². The molecule has 1 saturated heterocycles. The molecule has 4 heterocycles. The number of fused-ring (bicyclic) bond motifs is 7. The van der Waals surface area contributed by atoms with Crippen LogP contribution in [0.25, 0.3) is 11.5 Å². The van der Waals surface area contributed by atoms with Crippen molar-refractivity contribution in [3.8, 4) is 23.1 Å². The molecule has 0 saturated carbocycles. The first-order valence-corrected chi connectivity index (χ1v) is 12.4. The van der Waals surface area contributed by atoms with Gasteiger partial charge in [-0.25, -0.2) is 9.97 Å². The number of likely N-dealkylation sites (N-methyl/N-ethyl adjacent to an activating group) is 1. The summed E-state index contributed by atoms with van der Waals surface area (Å²) in [6.45, 7) is 6.18. The Hall–Kier alpha value is -3.36. The molecule has 0 radical (unpaired) electrons. The molecule has 0 spiro atoms. The van der Waals surface area contributed by atoms with Gasteiger partial charge in [-0.05, 0) is 69.7 Å². The summed E-state index contributed by atoms with van der Waals surface area (Å²) in [5.41, 5.74) is 2.74. The van der Waals surface area contributed by atoms with Gasteiger partial charge in [-0.2, -0.15) is 0 Å². The molecule has 2 aliphatic heterocycles. The van der Waals surface area contributed by atoms with E-state index in [1.54, 1.807) is 6.20 Å². The molecule has 6 bridgehead atoms. The van der Waals surface area contributed by atoms with E-state index >= 15 is 0 Å². The number of hydrogen-bond donors (Lipinski definition) is 1. The third kappa shape index (κ3) is 6.41. The maximum atomic E-state index is 6.25. The number of hydrogen-bond acceptors (Lipinski definition) is 8. The van der Waals surface area contributed by atoms with Crippen LogP contribution in [0.4, 0.5) is 11.6 Å². The van der Waals surface area contributed by atoms with Crippen LogP contribution >= 0.6 is 0 Å². The topological polar surface area (TPSA) is 75.9 Å². The van der Waals surface area contributed by atoms with Crippen molar-refractivity contribution in [2.45, 2.75) is 25.8 Å². The van der Waals surface area contributed by atoms with Crippen LogP contribution in [0.3, 0.4) is 0 Å². The maximum Gasteiger partial charge on any atom is 0.284 e. The van der Waals surface area contributed by atoms with Crippen molar-refractivity contribution < 1.29 is 13.9 Å². The summed E-state index contributed by atoms with van der Waals surface area (Å²) < 4.78 is 17.8. The second kappa shape index (κ2) is 11.4. The average Bonchev–Trinajstić information content (AvgIpc) is 3.55. The van der Waals surface area contributed by atoms with E-state index in [1.807, 2.05) is 30.3 Å². The fourth-order valence-electron chi connectivity index (χ4n) is 4.39. The largest absolute Gasteiger partial charge is 0.492 e. The summed E-state index contributed by atoms with van der Waals surface area (Å²) in [5.74, 6) is 2.56. The predicted octanol–water partition coefficient (Wildman–Crippen LogP) is 4.73. The first-order valence-electron chi connectivity index (χ1n) is 12.4. The molecule has 1 N–H and O–H groups in total. The molecular formula is C27H33N5O3. The number of nitrogens with zero attached hydrogens (tertiary/aromatic N) is 4. The van der Waals surface area contributed by atoms with Crippen molar-refractivity contribution in [1.29, 1.82) is 0 Å². The number of furan rings is 1. The fourth-order valence-corrected chi connectivity index (χ4v) is 4.39. The quantitative estimate of drug-likeness (QED) is 0.543. The molecule has 184 valence electrons. The van der Waals surface area contributed by atoms with E-state index in [-0.39, 0.29) is 0 Å². The molecule has 2 aliphatic rings. The van der Waals surface area contributed by atoms with Crippen molar-refractivity contribution in [2.24, 2.45) is 0 Å². The third-order valence-electron chi connectivity index (χ3n) is 6.22. The van der Waals surface area contributed by atoms with E-state index in [2.05, 4.69) is 50.4 Å². The van der Waals surface area contributed by atoms with E-state index in [0.29, 0.717) is 36.6 Å². The Balaban J connectivity index is 1.38. The van der Waals surface area contributed by atoms with Gasteiger partial charge < -0.3 is 19.2 Å². The molecule has 0 unspecified atom stereocenters. The zero-order valence-electron chi connectivity index (χ0n) is 20.3. The van der Waals surface area contributed by atoms with Gasteiger partial charge >= 0.3 is 0 Å². The number of likely N-dealkylation sites (tertiary alicyclic amines) is 1. The highest BCUT2D eigenvalue weighted by atomic mass is 16.6. The maximum absolute atomic E-state index is 6.25. The highest BCUT2D eigenvalue weighted by Gasteiger charge is 2.14. The van der Waals surface area contributed by atoms with E-state index in [9.17, 15) is 0 Å². The van der Waals surface area contributed by atoms with Gasteiger partial charge in [0.25, 0.3) is 5.95 Å². The van der Waals surface area contributed by atoms with Crippen molar-refractivity contribution in [1.82, 2.24) is 19.8 Å². The minimum Gasteiger partial charge on any atom is -0.492 e. The molecule has 3 aromatic rings. The first kappa shape index (κ1) is 23.4. The number of ether oxygens (including phenoxy) is 2.